The lowest BCUT2D eigenvalue weighted by Gasteiger charge is -2.16. The van der Waals surface area contributed by atoms with Gasteiger partial charge in [0.15, 0.2) is 5.96 Å². The summed E-state index contributed by atoms with van der Waals surface area (Å²) in [5.74, 6) is 1.91. The minimum Gasteiger partial charge on any atom is -0.357 e. The zero-order valence-electron chi connectivity index (χ0n) is 15.8. The van der Waals surface area contributed by atoms with Gasteiger partial charge < -0.3 is 15.5 Å². The van der Waals surface area contributed by atoms with E-state index in [2.05, 4.69) is 75.8 Å². The molecule has 0 bridgehead atoms. The largest absolute Gasteiger partial charge is 0.357 e. The predicted octanol–water partition coefficient (Wildman–Crippen LogP) is 3.25. The number of anilines is 1. The number of hydrogen-bond donors (Lipinski definition) is 2. The molecule has 0 spiro atoms. The van der Waals surface area contributed by atoms with Gasteiger partial charge in [0.2, 0.25) is 0 Å². The lowest BCUT2D eigenvalue weighted by atomic mass is 10.1. The highest BCUT2D eigenvalue weighted by Crippen LogP contribution is 2.17. The zero-order valence-corrected chi connectivity index (χ0v) is 15.8. The molecule has 5 heteroatoms. The van der Waals surface area contributed by atoms with Crippen LogP contribution in [0.4, 0.5) is 5.82 Å². The average molecular weight is 351 g/mol. The number of rotatable bonds is 6. The summed E-state index contributed by atoms with van der Waals surface area (Å²) < 4.78 is 0. The Morgan fingerprint density at radius 3 is 2.42 bits per heavy atom. The van der Waals surface area contributed by atoms with Crippen molar-refractivity contribution in [2.24, 2.45) is 4.99 Å². The van der Waals surface area contributed by atoms with Gasteiger partial charge in [0, 0.05) is 32.4 Å². The highest BCUT2D eigenvalue weighted by molar-refractivity contribution is 5.79. The Labute approximate surface area is 156 Å². The van der Waals surface area contributed by atoms with Gasteiger partial charge in [-0.1, -0.05) is 35.9 Å². The van der Waals surface area contributed by atoms with Gasteiger partial charge in [-0.05, 0) is 43.9 Å². The summed E-state index contributed by atoms with van der Waals surface area (Å²) >= 11 is 0. The first-order valence-electron chi connectivity index (χ1n) is 9.52. The van der Waals surface area contributed by atoms with Gasteiger partial charge in [-0.2, -0.15) is 0 Å². The van der Waals surface area contributed by atoms with Crippen LogP contribution in [0.5, 0.6) is 0 Å². The first kappa shape index (κ1) is 18.2. The summed E-state index contributed by atoms with van der Waals surface area (Å²) in [4.78, 5) is 11.6. The minimum absolute atomic E-state index is 0.622. The van der Waals surface area contributed by atoms with Crippen LogP contribution in [0.1, 0.15) is 36.5 Å². The van der Waals surface area contributed by atoms with E-state index in [1.807, 2.05) is 6.20 Å². The molecule has 3 rings (SSSR count). The molecule has 1 aromatic heterocycles. The fourth-order valence-corrected chi connectivity index (χ4v) is 3.05. The third-order valence-electron chi connectivity index (χ3n) is 4.58. The molecular weight excluding hydrogens is 322 g/mol. The van der Waals surface area contributed by atoms with Crippen molar-refractivity contribution in [2.75, 3.05) is 24.5 Å². The maximum atomic E-state index is 4.68. The van der Waals surface area contributed by atoms with Crippen LogP contribution in [0.15, 0.2) is 47.6 Å². The van der Waals surface area contributed by atoms with Crippen LogP contribution >= 0.6 is 0 Å². The van der Waals surface area contributed by atoms with E-state index in [0.29, 0.717) is 6.54 Å². The third-order valence-corrected chi connectivity index (χ3v) is 4.58. The lowest BCUT2D eigenvalue weighted by Crippen LogP contribution is -2.36. The van der Waals surface area contributed by atoms with E-state index in [9.17, 15) is 0 Å². The quantitative estimate of drug-likeness (QED) is 0.620. The van der Waals surface area contributed by atoms with Gasteiger partial charge in [-0.15, -0.1) is 0 Å². The molecule has 0 radical (unpaired) electrons. The van der Waals surface area contributed by atoms with Crippen LogP contribution in [-0.4, -0.2) is 30.6 Å². The molecular formula is C21H29N5. The van der Waals surface area contributed by atoms with Crippen LogP contribution < -0.4 is 15.5 Å². The van der Waals surface area contributed by atoms with E-state index in [4.69, 9.17) is 0 Å². The summed E-state index contributed by atoms with van der Waals surface area (Å²) in [7, 11) is 0. The third kappa shape index (κ3) is 5.22. The molecule has 0 atom stereocenters. The number of aromatic nitrogens is 1. The second-order valence-corrected chi connectivity index (χ2v) is 6.75. The molecule has 0 amide bonds. The number of aryl methyl sites for hydroxylation is 1. The number of guanidine groups is 1. The molecule has 26 heavy (non-hydrogen) atoms. The molecule has 0 unspecified atom stereocenters. The van der Waals surface area contributed by atoms with Crippen LogP contribution in [0.2, 0.25) is 0 Å². The predicted molar refractivity (Wildman–Crippen MR) is 109 cm³/mol. The number of hydrogen-bond acceptors (Lipinski definition) is 3. The van der Waals surface area contributed by atoms with Gasteiger partial charge in [0.1, 0.15) is 5.82 Å². The second-order valence-electron chi connectivity index (χ2n) is 6.75. The smallest absolute Gasteiger partial charge is 0.191 e. The van der Waals surface area contributed by atoms with E-state index in [-0.39, 0.29) is 0 Å². The van der Waals surface area contributed by atoms with Crippen molar-refractivity contribution < 1.29 is 0 Å². The molecule has 1 saturated heterocycles. The standard InChI is InChI=1S/C21H29N5/c1-3-22-21(24-14-18-8-6-17(2)7-9-18)25-16-19-10-11-20(23-15-19)26-12-4-5-13-26/h6-11,15H,3-5,12-14,16H2,1-2H3,(H2,22,24,25). The molecule has 1 aliphatic rings. The topological polar surface area (TPSA) is 52.6 Å². The van der Waals surface area contributed by atoms with Gasteiger partial charge in [-0.25, -0.2) is 9.98 Å². The van der Waals surface area contributed by atoms with Crippen molar-refractivity contribution in [3.8, 4) is 0 Å². The normalized spacial score (nSPS) is 14.5. The van der Waals surface area contributed by atoms with Crippen molar-refractivity contribution in [1.29, 1.82) is 0 Å². The van der Waals surface area contributed by atoms with E-state index < -0.39 is 0 Å². The van der Waals surface area contributed by atoms with Crippen molar-refractivity contribution in [3.63, 3.8) is 0 Å². The van der Waals surface area contributed by atoms with Crippen LogP contribution in [0.3, 0.4) is 0 Å². The molecule has 0 aliphatic carbocycles. The Balaban J connectivity index is 1.56. The summed E-state index contributed by atoms with van der Waals surface area (Å²) in [6.07, 6.45) is 4.49. The summed E-state index contributed by atoms with van der Waals surface area (Å²) in [6, 6.07) is 12.8. The fourth-order valence-electron chi connectivity index (χ4n) is 3.05. The molecule has 2 heterocycles. The Kier molecular flexibility index (Phi) is 6.47. The molecule has 0 saturated carbocycles. The number of pyridine rings is 1. The van der Waals surface area contributed by atoms with Crippen molar-refractivity contribution in [2.45, 2.75) is 39.8 Å². The molecule has 1 aliphatic heterocycles. The Morgan fingerprint density at radius 2 is 1.77 bits per heavy atom. The summed E-state index contributed by atoms with van der Waals surface area (Å²) in [5.41, 5.74) is 3.65. The van der Waals surface area contributed by atoms with Gasteiger partial charge in [0.25, 0.3) is 0 Å². The van der Waals surface area contributed by atoms with E-state index in [1.54, 1.807) is 0 Å². The van der Waals surface area contributed by atoms with Crippen LogP contribution in [0.25, 0.3) is 0 Å². The number of benzene rings is 1. The monoisotopic (exact) mass is 351 g/mol. The Hall–Kier alpha value is -2.56. The first-order chi connectivity index (χ1) is 12.7. The molecule has 138 valence electrons. The molecule has 5 nitrogen and oxygen atoms in total. The van der Waals surface area contributed by atoms with Crippen LogP contribution in [-0.2, 0) is 13.1 Å². The van der Waals surface area contributed by atoms with Crippen LogP contribution in [0, 0.1) is 6.92 Å². The molecule has 2 N–H and O–H groups in total. The number of aliphatic imine (C=N–C) groups is 1. The van der Waals surface area contributed by atoms with Gasteiger partial charge in [-0.3, -0.25) is 0 Å². The summed E-state index contributed by atoms with van der Waals surface area (Å²) in [5, 5.41) is 6.69. The molecule has 1 aromatic carbocycles. The average Bonchev–Trinajstić information content (AvgIpc) is 3.20. The first-order valence-corrected chi connectivity index (χ1v) is 9.52. The number of nitrogens with zero attached hydrogens (tertiary/aromatic N) is 3. The van der Waals surface area contributed by atoms with Gasteiger partial charge >= 0.3 is 0 Å². The molecule has 2 aromatic rings. The highest BCUT2D eigenvalue weighted by Gasteiger charge is 2.12. The highest BCUT2D eigenvalue weighted by atomic mass is 15.2. The molecule has 1 fully saturated rings. The van der Waals surface area contributed by atoms with E-state index >= 15 is 0 Å². The summed E-state index contributed by atoms with van der Waals surface area (Å²) in [6.45, 7) is 8.65. The van der Waals surface area contributed by atoms with Crippen molar-refractivity contribution in [3.05, 3.63) is 59.3 Å². The second kappa shape index (κ2) is 9.22. The van der Waals surface area contributed by atoms with E-state index in [1.165, 1.54) is 24.0 Å². The SMILES string of the molecule is CCNC(=NCc1ccc(N2CCCC2)nc1)NCc1ccc(C)cc1. The Bertz CT molecular complexity index is 700. The maximum Gasteiger partial charge on any atom is 0.191 e. The van der Waals surface area contributed by atoms with E-state index in [0.717, 1.165) is 43.5 Å². The van der Waals surface area contributed by atoms with Crippen molar-refractivity contribution in [1.82, 2.24) is 15.6 Å². The lowest BCUT2D eigenvalue weighted by molar-refractivity contribution is 0.815. The Morgan fingerprint density at radius 1 is 1.04 bits per heavy atom. The zero-order chi connectivity index (χ0) is 18.2. The van der Waals surface area contributed by atoms with Crippen molar-refractivity contribution >= 4 is 11.8 Å². The fraction of sp³-hybridized carbons (Fsp3) is 0.429. The van der Waals surface area contributed by atoms with Gasteiger partial charge in [0.05, 0.1) is 6.54 Å². The minimum atomic E-state index is 0.622. The maximum absolute atomic E-state index is 4.68. The number of nitrogens with one attached hydrogen (secondary N) is 2.